The second-order valence-corrected chi connectivity index (χ2v) is 8.68. The van der Waals surface area contributed by atoms with Crippen molar-refractivity contribution in [3.63, 3.8) is 0 Å². The molecule has 0 bridgehead atoms. The smallest absolute Gasteiger partial charge is 0.332 e. The molecule has 2 aromatic carbocycles. The van der Waals surface area contributed by atoms with Gasteiger partial charge < -0.3 is 14.4 Å². The Labute approximate surface area is 188 Å². The second kappa shape index (κ2) is 9.13. The standard InChI is InChI=1S/C27H29NO4/c1-19-7-11-22(12-8-19)25(29)24-6-4-18-28(24)17-3-5-21-9-13-23(14-10-21)27(15-16-27)32-20(2)26(30)31/h4,6-14,18,20H,3,5,15-17H2,1-2H3,(H,30,31)/t20-/m1/s1. The molecule has 1 N–H and O–H groups in total. The monoisotopic (exact) mass is 431 g/mol. The first-order valence-electron chi connectivity index (χ1n) is 11.1. The molecule has 0 amide bonds. The minimum Gasteiger partial charge on any atom is -0.479 e. The third-order valence-corrected chi connectivity index (χ3v) is 6.17. The van der Waals surface area contributed by atoms with E-state index in [4.69, 9.17) is 9.84 Å². The summed E-state index contributed by atoms with van der Waals surface area (Å²) in [6, 6.07) is 19.8. The van der Waals surface area contributed by atoms with Crippen molar-refractivity contribution in [2.45, 2.75) is 57.8 Å². The van der Waals surface area contributed by atoms with Crippen molar-refractivity contribution in [2.24, 2.45) is 0 Å². The Bertz CT molecular complexity index is 1090. The van der Waals surface area contributed by atoms with Crippen LogP contribution in [0.15, 0.2) is 66.9 Å². The van der Waals surface area contributed by atoms with Crippen LogP contribution in [0.25, 0.3) is 0 Å². The summed E-state index contributed by atoms with van der Waals surface area (Å²) in [5.41, 5.74) is 4.38. The van der Waals surface area contributed by atoms with Gasteiger partial charge in [-0.05, 0) is 62.8 Å². The Morgan fingerprint density at radius 2 is 1.75 bits per heavy atom. The summed E-state index contributed by atoms with van der Waals surface area (Å²) < 4.78 is 7.83. The van der Waals surface area contributed by atoms with Gasteiger partial charge in [-0.15, -0.1) is 0 Å². The summed E-state index contributed by atoms with van der Waals surface area (Å²) in [4.78, 5) is 24.0. The molecule has 1 fully saturated rings. The molecule has 5 heteroatoms. The molecule has 5 nitrogen and oxygen atoms in total. The van der Waals surface area contributed by atoms with E-state index in [-0.39, 0.29) is 5.78 Å². The fraction of sp³-hybridized carbons (Fsp3) is 0.333. The number of carbonyl (C=O) groups excluding carboxylic acids is 1. The third kappa shape index (κ3) is 4.83. The molecule has 0 saturated heterocycles. The van der Waals surface area contributed by atoms with E-state index in [0.717, 1.165) is 43.4 Å². The van der Waals surface area contributed by atoms with Gasteiger partial charge in [0.15, 0.2) is 6.10 Å². The minimum absolute atomic E-state index is 0.0460. The van der Waals surface area contributed by atoms with E-state index < -0.39 is 17.7 Å². The summed E-state index contributed by atoms with van der Waals surface area (Å²) in [6.45, 7) is 4.36. The summed E-state index contributed by atoms with van der Waals surface area (Å²) in [7, 11) is 0. The van der Waals surface area contributed by atoms with Gasteiger partial charge in [0, 0.05) is 18.3 Å². The minimum atomic E-state index is -0.932. The number of rotatable bonds is 10. The van der Waals surface area contributed by atoms with Crippen LogP contribution in [0, 0.1) is 6.92 Å². The first-order chi connectivity index (χ1) is 15.4. The number of carbonyl (C=O) groups is 2. The largest absolute Gasteiger partial charge is 0.479 e. The number of carboxylic acids is 1. The Kier molecular flexibility index (Phi) is 6.28. The highest BCUT2D eigenvalue weighted by Gasteiger charge is 2.47. The van der Waals surface area contributed by atoms with Crippen LogP contribution in [0.1, 0.15) is 58.9 Å². The summed E-state index contributed by atoms with van der Waals surface area (Å²) in [5.74, 6) is -0.886. The van der Waals surface area contributed by atoms with Crippen molar-refractivity contribution in [2.75, 3.05) is 0 Å². The number of hydrogen-bond donors (Lipinski definition) is 1. The van der Waals surface area contributed by atoms with Gasteiger partial charge in [-0.25, -0.2) is 4.79 Å². The van der Waals surface area contributed by atoms with Crippen LogP contribution < -0.4 is 0 Å². The van der Waals surface area contributed by atoms with E-state index in [9.17, 15) is 9.59 Å². The van der Waals surface area contributed by atoms with Crippen LogP contribution >= 0.6 is 0 Å². The molecule has 1 aliphatic carbocycles. The molecule has 0 radical (unpaired) electrons. The van der Waals surface area contributed by atoms with Crippen molar-refractivity contribution in [3.05, 3.63) is 94.8 Å². The first-order valence-corrected chi connectivity index (χ1v) is 11.1. The Morgan fingerprint density at radius 1 is 1.06 bits per heavy atom. The van der Waals surface area contributed by atoms with E-state index in [1.165, 1.54) is 5.56 Å². The lowest BCUT2D eigenvalue weighted by molar-refractivity contribution is -0.155. The summed E-state index contributed by atoms with van der Waals surface area (Å²) in [6.07, 6.45) is 4.68. The predicted molar refractivity (Wildman–Crippen MR) is 123 cm³/mol. The van der Waals surface area contributed by atoms with E-state index in [2.05, 4.69) is 24.3 Å². The topological polar surface area (TPSA) is 68.5 Å². The molecular formula is C27H29NO4. The van der Waals surface area contributed by atoms with E-state index in [0.29, 0.717) is 11.3 Å². The fourth-order valence-electron chi connectivity index (χ4n) is 4.07. The normalized spacial score (nSPS) is 15.3. The van der Waals surface area contributed by atoms with Crippen LogP contribution in [0.4, 0.5) is 0 Å². The molecule has 1 aliphatic rings. The van der Waals surface area contributed by atoms with Crippen molar-refractivity contribution < 1.29 is 19.4 Å². The number of aromatic nitrogens is 1. The number of aryl methyl sites for hydroxylation is 3. The molecule has 1 saturated carbocycles. The van der Waals surface area contributed by atoms with Crippen molar-refractivity contribution in [1.29, 1.82) is 0 Å². The zero-order valence-corrected chi connectivity index (χ0v) is 18.6. The number of ether oxygens (including phenoxy) is 1. The van der Waals surface area contributed by atoms with E-state index in [1.54, 1.807) is 6.92 Å². The van der Waals surface area contributed by atoms with Crippen LogP contribution in [-0.2, 0) is 28.1 Å². The van der Waals surface area contributed by atoms with E-state index >= 15 is 0 Å². The van der Waals surface area contributed by atoms with Gasteiger partial charge in [0.1, 0.15) is 0 Å². The Balaban J connectivity index is 1.34. The molecule has 4 rings (SSSR count). The zero-order valence-electron chi connectivity index (χ0n) is 18.6. The molecule has 1 atom stereocenters. The van der Waals surface area contributed by atoms with Crippen LogP contribution in [-0.4, -0.2) is 27.5 Å². The third-order valence-electron chi connectivity index (χ3n) is 6.17. The number of carboxylic acid groups (broad SMARTS) is 1. The molecule has 0 unspecified atom stereocenters. The number of benzene rings is 2. The highest BCUT2D eigenvalue weighted by molar-refractivity contribution is 6.08. The van der Waals surface area contributed by atoms with Gasteiger partial charge in [-0.1, -0.05) is 54.1 Å². The Morgan fingerprint density at radius 3 is 2.38 bits per heavy atom. The van der Waals surface area contributed by atoms with Crippen LogP contribution in [0.3, 0.4) is 0 Å². The van der Waals surface area contributed by atoms with E-state index in [1.807, 2.05) is 54.1 Å². The molecule has 3 aromatic rings. The highest BCUT2D eigenvalue weighted by atomic mass is 16.5. The van der Waals surface area contributed by atoms with Crippen molar-refractivity contribution >= 4 is 11.8 Å². The maximum absolute atomic E-state index is 12.9. The summed E-state index contributed by atoms with van der Waals surface area (Å²) >= 11 is 0. The lowest BCUT2D eigenvalue weighted by atomic mass is 10.0. The van der Waals surface area contributed by atoms with Gasteiger partial charge in [0.05, 0.1) is 11.3 Å². The second-order valence-electron chi connectivity index (χ2n) is 8.68. The maximum atomic E-state index is 12.9. The molecule has 166 valence electrons. The number of aliphatic carboxylic acids is 1. The Hall–Kier alpha value is -3.18. The molecule has 0 spiro atoms. The molecule has 1 heterocycles. The first kappa shape index (κ1) is 22.0. The number of nitrogens with zero attached hydrogens (tertiary/aromatic N) is 1. The van der Waals surface area contributed by atoms with Gasteiger partial charge >= 0.3 is 5.97 Å². The van der Waals surface area contributed by atoms with Crippen molar-refractivity contribution in [3.8, 4) is 0 Å². The fourth-order valence-corrected chi connectivity index (χ4v) is 4.07. The molecular weight excluding hydrogens is 402 g/mol. The lowest BCUT2D eigenvalue weighted by Gasteiger charge is -2.20. The zero-order chi connectivity index (χ0) is 22.7. The van der Waals surface area contributed by atoms with Gasteiger partial charge in [-0.3, -0.25) is 4.79 Å². The number of ketones is 1. The average molecular weight is 432 g/mol. The SMILES string of the molecule is Cc1ccc(C(=O)c2cccn2CCCc2ccc(C3(O[C@H](C)C(=O)O)CC3)cc2)cc1. The molecule has 0 aliphatic heterocycles. The lowest BCUT2D eigenvalue weighted by Crippen LogP contribution is -2.26. The van der Waals surface area contributed by atoms with Crippen molar-refractivity contribution in [1.82, 2.24) is 4.57 Å². The number of hydrogen-bond acceptors (Lipinski definition) is 3. The van der Waals surface area contributed by atoms with Crippen LogP contribution in [0.2, 0.25) is 0 Å². The predicted octanol–water partition coefficient (Wildman–Crippen LogP) is 5.14. The molecule has 1 aromatic heterocycles. The van der Waals surface area contributed by atoms with Gasteiger partial charge in [0.25, 0.3) is 0 Å². The highest BCUT2D eigenvalue weighted by Crippen LogP contribution is 2.50. The molecule has 32 heavy (non-hydrogen) atoms. The van der Waals surface area contributed by atoms with Gasteiger partial charge in [0.2, 0.25) is 5.78 Å². The average Bonchev–Trinajstić information content (AvgIpc) is 3.42. The van der Waals surface area contributed by atoms with Gasteiger partial charge in [-0.2, -0.15) is 0 Å². The van der Waals surface area contributed by atoms with Crippen LogP contribution in [0.5, 0.6) is 0 Å². The quantitative estimate of drug-likeness (QED) is 0.451. The summed E-state index contributed by atoms with van der Waals surface area (Å²) in [5, 5.41) is 9.12. The maximum Gasteiger partial charge on any atom is 0.332 e.